The minimum Gasteiger partial charge on any atom is -0.364 e. The van der Waals surface area contributed by atoms with Crippen LogP contribution in [-0.4, -0.2) is 32.7 Å². The van der Waals surface area contributed by atoms with Crippen LogP contribution in [0.2, 0.25) is 0 Å². The van der Waals surface area contributed by atoms with Crippen LogP contribution >= 0.6 is 0 Å². The van der Waals surface area contributed by atoms with Crippen LogP contribution in [0.15, 0.2) is 67.0 Å². The smallest absolute Gasteiger partial charge is 0.271 e. The van der Waals surface area contributed by atoms with Gasteiger partial charge in [0.2, 0.25) is 0 Å². The van der Waals surface area contributed by atoms with Gasteiger partial charge in [-0.05, 0) is 30.5 Å². The first-order valence-corrected chi connectivity index (χ1v) is 9.60. The lowest BCUT2D eigenvalue weighted by atomic mass is 10.1. The van der Waals surface area contributed by atoms with Gasteiger partial charge in [0.15, 0.2) is 11.3 Å². The molecule has 0 radical (unpaired) electrons. The van der Waals surface area contributed by atoms with E-state index in [1.54, 1.807) is 6.07 Å². The van der Waals surface area contributed by atoms with Crippen molar-refractivity contribution < 1.29 is 9.59 Å². The molecule has 3 N–H and O–H groups in total. The van der Waals surface area contributed by atoms with Crippen molar-refractivity contribution in [2.24, 2.45) is 5.73 Å². The monoisotopic (exact) mass is 399 g/mol. The Labute approximate surface area is 173 Å². The second-order valence-corrected chi connectivity index (χ2v) is 6.98. The number of nitrogens with one attached hydrogen (secondary N) is 1. The number of aryl methyl sites for hydroxylation is 1. The van der Waals surface area contributed by atoms with E-state index >= 15 is 0 Å². The Balaban J connectivity index is 1.67. The van der Waals surface area contributed by atoms with Gasteiger partial charge in [0.05, 0.1) is 5.69 Å². The van der Waals surface area contributed by atoms with Gasteiger partial charge in [-0.25, -0.2) is 9.97 Å². The molecule has 0 unspecified atom stereocenters. The zero-order valence-corrected chi connectivity index (χ0v) is 16.5. The molecule has 30 heavy (non-hydrogen) atoms. The molecule has 0 aliphatic heterocycles. The molecule has 0 aliphatic carbocycles. The SMILES string of the molecule is Cc1ccccc1CCNC(=O)c1cc(-c2ccccc2)nc2c(C(N)=O)ncn12. The fourth-order valence-electron chi connectivity index (χ4n) is 3.37. The minimum absolute atomic E-state index is 0.0294. The molecule has 4 aromatic rings. The Kier molecular flexibility index (Phi) is 5.26. The number of primary amides is 1. The lowest BCUT2D eigenvalue weighted by Crippen LogP contribution is -2.28. The lowest BCUT2D eigenvalue weighted by Gasteiger charge is -2.11. The third kappa shape index (κ3) is 3.77. The Hall–Kier alpha value is -4.00. The summed E-state index contributed by atoms with van der Waals surface area (Å²) >= 11 is 0. The van der Waals surface area contributed by atoms with Crippen molar-refractivity contribution in [1.29, 1.82) is 0 Å². The first-order valence-electron chi connectivity index (χ1n) is 9.60. The molecular formula is C23H21N5O2. The third-order valence-corrected chi connectivity index (χ3v) is 4.98. The van der Waals surface area contributed by atoms with Crippen LogP contribution in [0.5, 0.6) is 0 Å². The van der Waals surface area contributed by atoms with E-state index in [2.05, 4.69) is 21.4 Å². The van der Waals surface area contributed by atoms with Gasteiger partial charge in [-0.3, -0.25) is 14.0 Å². The van der Waals surface area contributed by atoms with Gasteiger partial charge >= 0.3 is 0 Å². The summed E-state index contributed by atoms with van der Waals surface area (Å²) in [5.74, 6) is -0.970. The van der Waals surface area contributed by atoms with E-state index in [-0.39, 0.29) is 17.2 Å². The molecule has 2 heterocycles. The average molecular weight is 399 g/mol. The van der Waals surface area contributed by atoms with Crippen molar-refractivity contribution in [3.8, 4) is 11.3 Å². The third-order valence-electron chi connectivity index (χ3n) is 4.98. The number of benzene rings is 2. The Bertz CT molecular complexity index is 1230. The fourth-order valence-corrected chi connectivity index (χ4v) is 3.37. The molecule has 7 heteroatoms. The maximum atomic E-state index is 13.0. The van der Waals surface area contributed by atoms with Crippen molar-refractivity contribution in [2.75, 3.05) is 6.54 Å². The number of nitrogens with two attached hydrogens (primary N) is 1. The van der Waals surface area contributed by atoms with E-state index in [1.165, 1.54) is 21.9 Å². The predicted octanol–water partition coefficient (Wildman–Crippen LogP) is 2.78. The molecule has 4 rings (SSSR count). The summed E-state index contributed by atoms with van der Waals surface area (Å²) in [4.78, 5) is 33.4. The highest BCUT2D eigenvalue weighted by Gasteiger charge is 2.19. The number of carbonyl (C=O) groups excluding carboxylic acids is 2. The average Bonchev–Trinajstić information content (AvgIpc) is 3.19. The van der Waals surface area contributed by atoms with Gasteiger partial charge in [0, 0.05) is 12.1 Å². The number of carbonyl (C=O) groups is 2. The molecular weight excluding hydrogens is 378 g/mol. The Morgan fingerprint density at radius 2 is 1.80 bits per heavy atom. The quantitative estimate of drug-likeness (QED) is 0.520. The summed E-state index contributed by atoms with van der Waals surface area (Å²) in [5, 5.41) is 2.95. The van der Waals surface area contributed by atoms with Crippen LogP contribution in [0, 0.1) is 6.92 Å². The first-order chi connectivity index (χ1) is 14.5. The highest BCUT2D eigenvalue weighted by Crippen LogP contribution is 2.21. The summed E-state index contributed by atoms with van der Waals surface area (Å²) in [6.07, 6.45) is 2.11. The van der Waals surface area contributed by atoms with Crippen molar-refractivity contribution in [3.05, 3.63) is 89.5 Å². The summed E-state index contributed by atoms with van der Waals surface area (Å²) in [6.45, 7) is 2.53. The van der Waals surface area contributed by atoms with Crippen LogP contribution in [-0.2, 0) is 6.42 Å². The summed E-state index contributed by atoms with van der Waals surface area (Å²) < 4.78 is 1.50. The van der Waals surface area contributed by atoms with Crippen LogP contribution < -0.4 is 11.1 Å². The van der Waals surface area contributed by atoms with E-state index in [0.29, 0.717) is 24.4 Å². The Morgan fingerprint density at radius 1 is 1.07 bits per heavy atom. The summed E-state index contributed by atoms with van der Waals surface area (Å²) in [6, 6.07) is 19.2. The van der Waals surface area contributed by atoms with E-state index in [0.717, 1.165) is 5.56 Å². The van der Waals surface area contributed by atoms with Crippen molar-refractivity contribution in [3.63, 3.8) is 0 Å². The number of imidazole rings is 1. The second-order valence-electron chi connectivity index (χ2n) is 6.98. The number of amides is 2. The lowest BCUT2D eigenvalue weighted by molar-refractivity contribution is 0.0946. The van der Waals surface area contributed by atoms with E-state index in [9.17, 15) is 9.59 Å². The maximum absolute atomic E-state index is 13.0. The number of aromatic nitrogens is 3. The van der Waals surface area contributed by atoms with Crippen molar-refractivity contribution >= 4 is 17.5 Å². The highest BCUT2D eigenvalue weighted by atomic mass is 16.2. The van der Waals surface area contributed by atoms with Crippen LogP contribution in [0.1, 0.15) is 32.1 Å². The number of nitrogens with zero attached hydrogens (tertiary/aromatic N) is 3. The molecule has 0 saturated heterocycles. The number of fused-ring (bicyclic) bond motifs is 1. The fraction of sp³-hybridized carbons (Fsp3) is 0.130. The van der Waals surface area contributed by atoms with Crippen LogP contribution in [0.4, 0.5) is 0 Å². The zero-order valence-electron chi connectivity index (χ0n) is 16.5. The minimum atomic E-state index is -0.693. The van der Waals surface area contributed by atoms with Crippen LogP contribution in [0.25, 0.3) is 16.9 Å². The number of rotatable bonds is 6. The van der Waals surface area contributed by atoms with E-state index < -0.39 is 5.91 Å². The van der Waals surface area contributed by atoms with Gasteiger partial charge in [-0.15, -0.1) is 0 Å². The summed E-state index contributed by atoms with van der Waals surface area (Å²) in [7, 11) is 0. The van der Waals surface area contributed by atoms with Gasteiger partial charge in [0.25, 0.3) is 11.8 Å². The number of hydrogen-bond acceptors (Lipinski definition) is 4. The van der Waals surface area contributed by atoms with Gasteiger partial charge < -0.3 is 11.1 Å². The van der Waals surface area contributed by atoms with Gasteiger partial charge in [-0.2, -0.15) is 0 Å². The molecule has 0 saturated carbocycles. The molecule has 0 fully saturated rings. The standard InChI is InChI=1S/C23H21N5O2/c1-15-7-5-6-8-16(15)11-12-25-23(30)19-13-18(17-9-3-2-4-10-17)27-22-20(21(24)29)26-14-28(19)22/h2-10,13-14H,11-12H2,1H3,(H2,24,29)(H,25,30). The van der Waals surface area contributed by atoms with Gasteiger partial charge in [0.1, 0.15) is 12.0 Å². The van der Waals surface area contributed by atoms with Gasteiger partial charge in [-0.1, -0.05) is 54.6 Å². The molecule has 0 spiro atoms. The highest BCUT2D eigenvalue weighted by molar-refractivity contribution is 5.99. The summed E-state index contributed by atoms with van der Waals surface area (Å²) in [5.41, 5.74) is 9.82. The molecule has 150 valence electrons. The molecule has 7 nitrogen and oxygen atoms in total. The first kappa shape index (κ1) is 19.3. The molecule has 0 aliphatic rings. The molecule has 2 amide bonds. The maximum Gasteiger partial charge on any atom is 0.271 e. The second kappa shape index (κ2) is 8.16. The van der Waals surface area contributed by atoms with E-state index in [1.807, 2.05) is 55.5 Å². The molecule has 0 atom stereocenters. The molecule has 2 aromatic carbocycles. The zero-order chi connectivity index (χ0) is 21.1. The topological polar surface area (TPSA) is 102 Å². The van der Waals surface area contributed by atoms with E-state index in [4.69, 9.17) is 5.73 Å². The van der Waals surface area contributed by atoms with Crippen LogP contribution in [0.3, 0.4) is 0 Å². The predicted molar refractivity (Wildman–Crippen MR) is 114 cm³/mol. The molecule has 2 aromatic heterocycles. The normalized spacial score (nSPS) is 10.8. The molecule has 0 bridgehead atoms. The largest absolute Gasteiger partial charge is 0.364 e. The Morgan fingerprint density at radius 3 is 2.53 bits per heavy atom. The van der Waals surface area contributed by atoms with Crippen molar-refractivity contribution in [1.82, 2.24) is 19.7 Å². The van der Waals surface area contributed by atoms with Crippen molar-refractivity contribution in [2.45, 2.75) is 13.3 Å². The number of hydrogen-bond donors (Lipinski definition) is 2.